The second-order valence-corrected chi connectivity index (χ2v) is 4.85. The van der Waals surface area contributed by atoms with Crippen LogP contribution in [0.15, 0.2) is 6.07 Å². The molecule has 0 bridgehead atoms. The lowest BCUT2D eigenvalue weighted by molar-refractivity contribution is -0.187. The van der Waals surface area contributed by atoms with E-state index in [9.17, 15) is 18.0 Å². The van der Waals surface area contributed by atoms with Gasteiger partial charge in [0, 0.05) is 24.8 Å². The molecule has 0 aliphatic carbocycles. The number of carboxylic acids is 1. The minimum Gasteiger partial charge on any atom is -0.481 e. The van der Waals surface area contributed by atoms with Crippen molar-refractivity contribution in [2.24, 2.45) is 11.8 Å². The highest BCUT2D eigenvalue weighted by molar-refractivity contribution is 5.72. The van der Waals surface area contributed by atoms with Gasteiger partial charge in [-0.25, -0.2) is 4.98 Å². The van der Waals surface area contributed by atoms with Gasteiger partial charge < -0.3 is 14.7 Å². The fourth-order valence-corrected chi connectivity index (χ4v) is 2.35. The quantitative estimate of drug-likeness (QED) is 0.912. The van der Waals surface area contributed by atoms with Crippen molar-refractivity contribution < 1.29 is 27.8 Å². The van der Waals surface area contributed by atoms with Crippen molar-refractivity contribution in [3.63, 3.8) is 0 Å². The summed E-state index contributed by atoms with van der Waals surface area (Å²) in [5, 5.41) is 8.98. The third-order valence-corrected chi connectivity index (χ3v) is 3.38. The van der Waals surface area contributed by atoms with Crippen LogP contribution in [0, 0.1) is 18.8 Å². The number of aliphatic carboxylic acids is 1. The molecule has 0 amide bonds. The summed E-state index contributed by atoms with van der Waals surface area (Å²) in [6.07, 6.45) is -4.57. The first kappa shape index (κ1) is 15.3. The Balaban J connectivity index is 2.30. The summed E-state index contributed by atoms with van der Waals surface area (Å²) in [7, 11) is 1.35. The van der Waals surface area contributed by atoms with E-state index in [1.165, 1.54) is 18.1 Å². The number of aromatic nitrogens is 2. The van der Waals surface area contributed by atoms with E-state index < -0.39 is 30.5 Å². The van der Waals surface area contributed by atoms with Gasteiger partial charge in [-0.2, -0.15) is 18.2 Å². The van der Waals surface area contributed by atoms with E-state index in [4.69, 9.17) is 9.84 Å². The molecule has 21 heavy (non-hydrogen) atoms. The normalized spacial score (nSPS) is 22.4. The Morgan fingerprint density at radius 3 is 2.57 bits per heavy atom. The standard InChI is InChI=1S/C12H14F3N3O3/c1-6-3-9(17-11(16-6)21-2)18-4-7(10(19)20)8(5-18)12(13,14)15/h3,7-8H,4-5H2,1-2H3,(H,19,20)/t7-,8-/m1/s1. The predicted molar refractivity (Wildman–Crippen MR) is 66.2 cm³/mol. The van der Waals surface area contributed by atoms with Gasteiger partial charge >= 0.3 is 18.2 Å². The lowest BCUT2D eigenvalue weighted by Gasteiger charge is -2.19. The number of rotatable bonds is 3. The Kier molecular flexibility index (Phi) is 3.93. The predicted octanol–water partition coefficient (Wildman–Crippen LogP) is 1.49. The average Bonchev–Trinajstić information content (AvgIpc) is 2.83. The van der Waals surface area contributed by atoms with E-state index in [0.29, 0.717) is 5.69 Å². The van der Waals surface area contributed by atoms with Crippen molar-refractivity contribution in [2.45, 2.75) is 13.1 Å². The van der Waals surface area contributed by atoms with E-state index in [1.807, 2.05) is 0 Å². The molecule has 1 aromatic heterocycles. The molecule has 1 aliphatic heterocycles. The van der Waals surface area contributed by atoms with E-state index in [-0.39, 0.29) is 18.4 Å². The molecule has 0 unspecified atom stereocenters. The van der Waals surface area contributed by atoms with Crippen molar-refractivity contribution in [2.75, 3.05) is 25.1 Å². The Labute approximate surface area is 118 Å². The van der Waals surface area contributed by atoms with Crippen LogP contribution in [0.25, 0.3) is 0 Å². The second-order valence-electron chi connectivity index (χ2n) is 4.85. The van der Waals surface area contributed by atoms with E-state index >= 15 is 0 Å². The Hall–Kier alpha value is -2.06. The molecule has 1 aromatic rings. The second kappa shape index (κ2) is 5.38. The first-order chi connectivity index (χ1) is 9.72. The molecule has 1 N–H and O–H groups in total. The number of hydrogen-bond acceptors (Lipinski definition) is 5. The average molecular weight is 305 g/mol. The summed E-state index contributed by atoms with van der Waals surface area (Å²) in [5.74, 6) is -4.66. The number of aryl methyl sites for hydroxylation is 1. The topological polar surface area (TPSA) is 75.5 Å². The number of alkyl halides is 3. The Morgan fingerprint density at radius 2 is 2.10 bits per heavy atom. The number of carbonyl (C=O) groups is 1. The smallest absolute Gasteiger partial charge is 0.394 e. The number of ether oxygens (including phenoxy) is 1. The van der Waals surface area contributed by atoms with Gasteiger partial charge in [0.2, 0.25) is 0 Å². The van der Waals surface area contributed by atoms with Crippen LogP contribution in [0.1, 0.15) is 5.69 Å². The first-order valence-electron chi connectivity index (χ1n) is 6.16. The minimum absolute atomic E-state index is 0.0346. The SMILES string of the molecule is COc1nc(C)cc(N2C[C@@H](C(F)(F)F)[C@H](C(=O)O)C2)n1. The zero-order valence-electron chi connectivity index (χ0n) is 11.4. The van der Waals surface area contributed by atoms with Crippen molar-refractivity contribution in [1.29, 1.82) is 0 Å². The Morgan fingerprint density at radius 1 is 1.43 bits per heavy atom. The summed E-state index contributed by atoms with van der Waals surface area (Å²) in [4.78, 5) is 20.3. The summed E-state index contributed by atoms with van der Waals surface area (Å²) < 4.78 is 43.7. The van der Waals surface area contributed by atoms with Crippen LogP contribution < -0.4 is 9.64 Å². The number of anilines is 1. The first-order valence-corrected chi connectivity index (χ1v) is 6.16. The zero-order valence-corrected chi connectivity index (χ0v) is 11.4. The minimum atomic E-state index is -4.57. The van der Waals surface area contributed by atoms with Gasteiger partial charge in [-0.1, -0.05) is 0 Å². The van der Waals surface area contributed by atoms with Crippen LogP contribution in [0.5, 0.6) is 6.01 Å². The van der Waals surface area contributed by atoms with Crippen LogP contribution in [-0.2, 0) is 4.79 Å². The number of methoxy groups -OCH3 is 1. The maximum absolute atomic E-state index is 12.9. The van der Waals surface area contributed by atoms with Gasteiger partial charge in [-0.3, -0.25) is 4.79 Å². The maximum atomic E-state index is 12.9. The highest BCUT2D eigenvalue weighted by atomic mass is 19.4. The van der Waals surface area contributed by atoms with Gasteiger partial charge in [0.15, 0.2) is 0 Å². The van der Waals surface area contributed by atoms with Crippen LogP contribution >= 0.6 is 0 Å². The molecular weight excluding hydrogens is 291 g/mol. The highest BCUT2D eigenvalue weighted by Crippen LogP contribution is 2.39. The van der Waals surface area contributed by atoms with Crippen LogP contribution in [0.4, 0.5) is 19.0 Å². The molecule has 0 spiro atoms. The third-order valence-electron chi connectivity index (χ3n) is 3.38. The van der Waals surface area contributed by atoms with Crippen molar-refractivity contribution in [3.8, 4) is 6.01 Å². The van der Waals surface area contributed by atoms with Crippen LogP contribution in [0.3, 0.4) is 0 Å². The molecule has 6 nitrogen and oxygen atoms in total. The molecule has 1 saturated heterocycles. The van der Waals surface area contributed by atoms with Crippen molar-refractivity contribution in [1.82, 2.24) is 9.97 Å². The fraction of sp³-hybridized carbons (Fsp3) is 0.583. The molecule has 0 aromatic carbocycles. The van der Waals surface area contributed by atoms with E-state index in [1.54, 1.807) is 6.92 Å². The maximum Gasteiger partial charge on any atom is 0.394 e. The molecule has 2 heterocycles. The molecule has 0 radical (unpaired) electrons. The molecule has 0 saturated carbocycles. The van der Waals surface area contributed by atoms with E-state index in [2.05, 4.69) is 9.97 Å². The molecule has 9 heteroatoms. The van der Waals surface area contributed by atoms with Gasteiger partial charge in [-0.15, -0.1) is 0 Å². The van der Waals surface area contributed by atoms with Crippen molar-refractivity contribution >= 4 is 11.8 Å². The van der Waals surface area contributed by atoms with Gasteiger partial charge in [-0.05, 0) is 6.92 Å². The molecular formula is C12H14F3N3O3. The largest absolute Gasteiger partial charge is 0.481 e. The lowest BCUT2D eigenvalue weighted by Crippen LogP contribution is -2.33. The molecule has 2 rings (SSSR count). The van der Waals surface area contributed by atoms with Gasteiger partial charge in [0.25, 0.3) is 0 Å². The number of halogens is 3. The number of nitrogens with zero attached hydrogens (tertiary/aromatic N) is 3. The van der Waals surface area contributed by atoms with Crippen LogP contribution in [-0.4, -0.2) is 47.4 Å². The monoisotopic (exact) mass is 305 g/mol. The summed E-state index contributed by atoms with van der Waals surface area (Å²) >= 11 is 0. The fourth-order valence-electron chi connectivity index (χ4n) is 2.35. The van der Waals surface area contributed by atoms with Crippen molar-refractivity contribution in [3.05, 3.63) is 11.8 Å². The molecule has 1 aliphatic rings. The molecule has 1 fully saturated rings. The molecule has 116 valence electrons. The summed E-state index contributed by atoms with van der Waals surface area (Å²) in [5.41, 5.74) is 0.527. The lowest BCUT2D eigenvalue weighted by atomic mass is 9.96. The Bertz CT molecular complexity index is 550. The zero-order chi connectivity index (χ0) is 15.8. The number of carboxylic acid groups (broad SMARTS) is 1. The van der Waals surface area contributed by atoms with Gasteiger partial charge in [0.05, 0.1) is 18.9 Å². The number of hydrogen-bond donors (Lipinski definition) is 1. The highest BCUT2D eigenvalue weighted by Gasteiger charge is 2.52. The van der Waals surface area contributed by atoms with Gasteiger partial charge in [0.1, 0.15) is 5.82 Å². The molecule has 2 atom stereocenters. The van der Waals surface area contributed by atoms with Crippen LogP contribution in [0.2, 0.25) is 0 Å². The summed E-state index contributed by atoms with van der Waals surface area (Å²) in [6.45, 7) is 0.957. The third kappa shape index (κ3) is 3.17. The van der Waals surface area contributed by atoms with E-state index in [0.717, 1.165) is 0 Å². The summed E-state index contributed by atoms with van der Waals surface area (Å²) in [6, 6.07) is 1.53.